The molecule has 1 aliphatic rings. The van der Waals surface area contributed by atoms with Crippen LogP contribution in [0.1, 0.15) is 11.1 Å². The van der Waals surface area contributed by atoms with Gasteiger partial charge in [0.1, 0.15) is 0 Å². The van der Waals surface area contributed by atoms with E-state index in [9.17, 15) is 9.90 Å². The quantitative estimate of drug-likeness (QED) is 0.798. The molecule has 4 heteroatoms. The Morgan fingerprint density at radius 1 is 1.56 bits per heavy atom. The van der Waals surface area contributed by atoms with E-state index in [1.54, 1.807) is 4.90 Å². The van der Waals surface area contributed by atoms with E-state index in [4.69, 9.17) is 4.74 Å². The number of rotatable bonds is 2. The highest BCUT2D eigenvalue weighted by Gasteiger charge is 2.27. The minimum absolute atomic E-state index is 0.354. The molecule has 0 aromatic heterocycles. The SMILES string of the molecule is Cc1cccc(CN2CCOC(O)C2=O)c1. The zero-order valence-corrected chi connectivity index (χ0v) is 9.22. The van der Waals surface area contributed by atoms with Gasteiger partial charge in [-0.3, -0.25) is 4.79 Å². The maximum absolute atomic E-state index is 11.6. The van der Waals surface area contributed by atoms with Crippen LogP contribution in [0.4, 0.5) is 0 Å². The van der Waals surface area contributed by atoms with Gasteiger partial charge in [0.15, 0.2) is 0 Å². The lowest BCUT2D eigenvalue weighted by atomic mass is 10.1. The number of hydrogen-bond donors (Lipinski definition) is 1. The van der Waals surface area contributed by atoms with Crippen molar-refractivity contribution in [2.24, 2.45) is 0 Å². The predicted molar refractivity (Wildman–Crippen MR) is 58.6 cm³/mol. The molecule has 1 amide bonds. The Morgan fingerprint density at radius 2 is 2.38 bits per heavy atom. The number of carbonyl (C=O) groups is 1. The molecule has 1 fully saturated rings. The van der Waals surface area contributed by atoms with Crippen LogP contribution < -0.4 is 0 Å². The summed E-state index contributed by atoms with van der Waals surface area (Å²) in [7, 11) is 0. The number of hydrogen-bond acceptors (Lipinski definition) is 3. The lowest BCUT2D eigenvalue weighted by molar-refractivity contribution is -0.184. The normalized spacial score (nSPS) is 21.2. The van der Waals surface area contributed by atoms with Crippen molar-refractivity contribution in [3.8, 4) is 0 Å². The van der Waals surface area contributed by atoms with Gasteiger partial charge < -0.3 is 14.7 Å². The van der Waals surface area contributed by atoms with Gasteiger partial charge in [0.2, 0.25) is 6.29 Å². The first kappa shape index (κ1) is 11.1. The van der Waals surface area contributed by atoms with Crippen molar-refractivity contribution in [2.45, 2.75) is 19.8 Å². The highest BCUT2D eigenvalue weighted by molar-refractivity contribution is 5.79. The number of morpholine rings is 1. The van der Waals surface area contributed by atoms with E-state index < -0.39 is 6.29 Å². The summed E-state index contributed by atoms with van der Waals surface area (Å²) in [6.45, 7) is 3.46. The summed E-state index contributed by atoms with van der Waals surface area (Å²) in [6.07, 6.45) is -1.29. The smallest absolute Gasteiger partial charge is 0.279 e. The summed E-state index contributed by atoms with van der Waals surface area (Å²) < 4.78 is 4.85. The zero-order chi connectivity index (χ0) is 11.5. The van der Waals surface area contributed by atoms with E-state index >= 15 is 0 Å². The number of aryl methyl sites for hydroxylation is 1. The molecule has 86 valence electrons. The molecule has 1 heterocycles. The number of aliphatic hydroxyl groups is 1. The fraction of sp³-hybridized carbons (Fsp3) is 0.417. The average molecular weight is 221 g/mol. The Kier molecular flexibility index (Phi) is 3.22. The highest BCUT2D eigenvalue weighted by Crippen LogP contribution is 2.11. The van der Waals surface area contributed by atoms with Gasteiger partial charge in [-0.15, -0.1) is 0 Å². The van der Waals surface area contributed by atoms with Crippen molar-refractivity contribution < 1.29 is 14.6 Å². The number of benzene rings is 1. The summed E-state index contributed by atoms with van der Waals surface area (Å²) >= 11 is 0. The summed E-state index contributed by atoms with van der Waals surface area (Å²) in [5.41, 5.74) is 2.24. The molecule has 4 nitrogen and oxygen atoms in total. The molecule has 0 spiro atoms. The first-order valence-electron chi connectivity index (χ1n) is 5.31. The van der Waals surface area contributed by atoms with Gasteiger partial charge in [-0.05, 0) is 12.5 Å². The van der Waals surface area contributed by atoms with E-state index in [0.29, 0.717) is 19.7 Å². The standard InChI is InChI=1S/C12H15NO3/c1-9-3-2-4-10(7-9)8-13-5-6-16-12(15)11(13)14/h2-4,7,12,15H,5-6,8H2,1H3. The van der Waals surface area contributed by atoms with Crippen LogP contribution in [-0.2, 0) is 16.1 Å². The number of nitrogens with zero attached hydrogens (tertiary/aromatic N) is 1. The van der Waals surface area contributed by atoms with E-state index in [0.717, 1.165) is 5.56 Å². The van der Waals surface area contributed by atoms with Crippen molar-refractivity contribution in [3.63, 3.8) is 0 Å². The summed E-state index contributed by atoms with van der Waals surface area (Å²) in [4.78, 5) is 13.2. The maximum atomic E-state index is 11.6. The average Bonchev–Trinajstić information content (AvgIpc) is 2.25. The van der Waals surface area contributed by atoms with Crippen molar-refractivity contribution in [3.05, 3.63) is 35.4 Å². The number of amides is 1. The molecule has 16 heavy (non-hydrogen) atoms. The lowest BCUT2D eigenvalue weighted by Gasteiger charge is -2.29. The maximum Gasteiger partial charge on any atom is 0.279 e. The molecule has 1 N–H and O–H groups in total. The zero-order valence-electron chi connectivity index (χ0n) is 9.22. The van der Waals surface area contributed by atoms with Crippen molar-refractivity contribution >= 4 is 5.91 Å². The molecule has 0 bridgehead atoms. The van der Waals surface area contributed by atoms with Gasteiger partial charge in [-0.1, -0.05) is 29.8 Å². The van der Waals surface area contributed by atoms with Gasteiger partial charge in [-0.25, -0.2) is 0 Å². The molecule has 1 saturated heterocycles. The summed E-state index contributed by atoms with van der Waals surface area (Å²) in [5.74, 6) is -0.354. The first-order chi connectivity index (χ1) is 7.66. The Hall–Kier alpha value is -1.39. The number of ether oxygens (including phenoxy) is 1. The van der Waals surface area contributed by atoms with E-state index in [-0.39, 0.29) is 5.91 Å². The topological polar surface area (TPSA) is 49.8 Å². The van der Waals surface area contributed by atoms with Crippen LogP contribution in [0.25, 0.3) is 0 Å². The number of aliphatic hydroxyl groups excluding tert-OH is 1. The van der Waals surface area contributed by atoms with Crippen LogP contribution in [0.5, 0.6) is 0 Å². The van der Waals surface area contributed by atoms with Crippen molar-refractivity contribution in [1.82, 2.24) is 4.90 Å². The monoisotopic (exact) mass is 221 g/mol. The van der Waals surface area contributed by atoms with Gasteiger partial charge in [0, 0.05) is 13.1 Å². The van der Waals surface area contributed by atoms with Crippen LogP contribution in [0.15, 0.2) is 24.3 Å². The van der Waals surface area contributed by atoms with Crippen LogP contribution >= 0.6 is 0 Å². The fourth-order valence-electron chi connectivity index (χ4n) is 1.80. The second kappa shape index (κ2) is 4.63. The minimum atomic E-state index is -1.29. The largest absolute Gasteiger partial charge is 0.361 e. The molecule has 0 radical (unpaired) electrons. The Morgan fingerprint density at radius 3 is 3.12 bits per heavy atom. The minimum Gasteiger partial charge on any atom is -0.361 e. The third kappa shape index (κ3) is 2.40. The Balaban J connectivity index is 2.06. The van der Waals surface area contributed by atoms with Crippen LogP contribution in [0, 0.1) is 6.92 Å². The van der Waals surface area contributed by atoms with Crippen LogP contribution in [0.3, 0.4) is 0 Å². The molecular weight excluding hydrogens is 206 g/mol. The summed E-state index contributed by atoms with van der Waals surface area (Å²) in [6, 6.07) is 7.99. The predicted octanol–water partition coefficient (Wildman–Crippen LogP) is 0.672. The molecule has 0 saturated carbocycles. The second-order valence-corrected chi connectivity index (χ2v) is 3.97. The third-order valence-corrected chi connectivity index (χ3v) is 2.62. The molecule has 0 aliphatic carbocycles. The van der Waals surface area contributed by atoms with Crippen molar-refractivity contribution in [1.29, 1.82) is 0 Å². The lowest BCUT2D eigenvalue weighted by Crippen LogP contribution is -2.47. The Bertz CT molecular complexity index is 392. The van der Waals surface area contributed by atoms with Gasteiger partial charge in [0.25, 0.3) is 5.91 Å². The third-order valence-electron chi connectivity index (χ3n) is 2.62. The van der Waals surface area contributed by atoms with E-state index in [1.807, 2.05) is 31.2 Å². The molecular formula is C12H15NO3. The molecule has 1 aliphatic heterocycles. The molecule has 2 rings (SSSR count). The fourth-order valence-corrected chi connectivity index (χ4v) is 1.80. The molecule has 1 aromatic rings. The Labute approximate surface area is 94.4 Å². The van der Waals surface area contributed by atoms with Crippen LogP contribution in [-0.4, -0.2) is 35.4 Å². The summed E-state index contributed by atoms with van der Waals surface area (Å²) in [5, 5.41) is 9.27. The van der Waals surface area contributed by atoms with Gasteiger partial charge in [-0.2, -0.15) is 0 Å². The second-order valence-electron chi connectivity index (χ2n) is 3.97. The van der Waals surface area contributed by atoms with Gasteiger partial charge >= 0.3 is 0 Å². The first-order valence-corrected chi connectivity index (χ1v) is 5.31. The molecule has 1 atom stereocenters. The highest BCUT2D eigenvalue weighted by atomic mass is 16.6. The van der Waals surface area contributed by atoms with E-state index in [2.05, 4.69) is 0 Å². The van der Waals surface area contributed by atoms with E-state index in [1.165, 1.54) is 5.56 Å². The van der Waals surface area contributed by atoms with Crippen molar-refractivity contribution in [2.75, 3.05) is 13.2 Å². The number of carbonyl (C=O) groups excluding carboxylic acids is 1. The van der Waals surface area contributed by atoms with Gasteiger partial charge in [0.05, 0.1) is 6.61 Å². The van der Waals surface area contributed by atoms with Crippen LogP contribution in [0.2, 0.25) is 0 Å². The molecule has 1 unspecified atom stereocenters. The molecule has 1 aromatic carbocycles.